The molecule has 30 heavy (non-hydrogen) atoms. The van der Waals surface area contributed by atoms with E-state index < -0.39 is 0 Å². The third-order valence-corrected chi connectivity index (χ3v) is 4.97. The summed E-state index contributed by atoms with van der Waals surface area (Å²) in [5, 5.41) is 2.06. The lowest BCUT2D eigenvalue weighted by atomic mass is 9.80. The maximum absolute atomic E-state index is 5.87. The van der Waals surface area contributed by atoms with Crippen molar-refractivity contribution in [2.24, 2.45) is 0 Å². The molecular weight excluding hydrogens is 499 g/mol. The zero-order valence-corrected chi connectivity index (χ0v) is 20.6. The molecule has 3 heterocycles. The summed E-state index contributed by atoms with van der Waals surface area (Å²) < 4.78 is 5.87. The van der Waals surface area contributed by atoms with Crippen LogP contribution in [0.1, 0.15) is 40.5 Å². The normalized spacial score (nSPS) is 18.5. The van der Waals surface area contributed by atoms with Crippen molar-refractivity contribution >= 4 is 58.0 Å². The minimum atomic E-state index is -0.179. The minimum absolute atomic E-state index is 0.000000000000000444. The zero-order valence-electron chi connectivity index (χ0n) is 16.8. The molecule has 1 aliphatic rings. The molecule has 0 atom stereocenters. The van der Waals surface area contributed by atoms with Gasteiger partial charge in [-0.25, -0.2) is 0 Å². The first-order valence-corrected chi connectivity index (χ1v) is 10.5. The highest BCUT2D eigenvalue weighted by Crippen LogP contribution is 2.39. The fraction of sp³-hybridized carbons (Fsp3) is 0.625. The number of nitrogens with zero attached hydrogens (tertiary/aromatic N) is 7. The summed E-state index contributed by atoms with van der Waals surface area (Å²) in [6.07, 6.45) is 1.48. The SMILES string of the molecule is CON1C(C)(C)CC(Oc2nc(Cl)nc(Cl)n2)CC1(C)C.Clc1nc(Cl)nc(Cl)n1. The molecule has 1 aliphatic heterocycles. The van der Waals surface area contributed by atoms with E-state index in [4.69, 9.17) is 67.6 Å². The van der Waals surface area contributed by atoms with Crippen molar-refractivity contribution < 1.29 is 9.57 Å². The molecule has 0 radical (unpaired) electrons. The van der Waals surface area contributed by atoms with Crippen LogP contribution in [0.5, 0.6) is 6.01 Å². The van der Waals surface area contributed by atoms with Crippen LogP contribution in [0.25, 0.3) is 0 Å². The summed E-state index contributed by atoms with van der Waals surface area (Å²) in [5.74, 6) is 0. The highest BCUT2D eigenvalue weighted by molar-refractivity contribution is 6.33. The van der Waals surface area contributed by atoms with E-state index in [1.165, 1.54) is 0 Å². The molecule has 0 unspecified atom stereocenters. The van der Waals surface area contributed by atoms with Crippen molar-refractivity contribution in [2.45, 2.75) is 57.7 Å². The molecular formula is C16H20Cl5N7O2. The van der Waals surface area contributed by atoms with Gasteiger partial charge >= 0.3 is 6.01 Å². The van der Waals surface area contributed by atoms with E-state index in [9.17, 15) is 0 Å². The van der Waals surface area contributed by atoms with Crippen molar-refractivity contribution in [3.63, 3.8) is 0 Å². The highest BCUT2D eigenvalue weighted by atomic mass is 35.5. The molecule has 3 rings (SSSR count). The second-order valence-electron chi connectivity index (χ2n) is 7.55. The molecule has 0 N–H and O–H groups in total. The Hall–Kier alpha value is -0.810. The van der Waals surface area contributed by atoms with Gasteiger partial charge < -0.3 is 9.57 Å². The van der Waals surface area contributed by atoms with Crippen LogP contribution in [0.3, 0.4) is 0 Å². The molecule has 2 aromatic heterocycles. The Labute approximate surface area is 199 Å². The fourth-order valence-electron chi connectivity index (χ4n) is 3.56. The van der Waals surface area contributed by atoms with E-state index in [-0.39, 0.29) is 49.6 Å². The number of hydroxylamine groups is 2. The molecule has 14 heteroatoms. The van der Waals surface area contributed by atoms with E-state index in [0.29, 0.717) is 0 Å². The summed E-state index contributed by atoms with van der Waals surface area (Å²) in [7, 11) is 1.69. The third kappa shape index (κ3) is 7.12. The van der Waals surface area contributed by atoms with Crippen molar-refractivity contribution in [1.82, 2.24) is 35.0 Å². The standard InChI is InChI=1S/C13H20Cl2N4O2.C3Cl3N3/c1-12(2)6-8(7-13(3,4)19(12)20-5)21-11-17-9(14)16-10(15)18-11;4-1-7-2(5)9-3(6)8-1/h8H,6-7H2,1-5H3;. The van der Waals surface area contributed by atoms with Crippen LogP contribution in [-0.4, -0.2) is 59.3 Å². The first kappa shape index (κ1) is 25.5. The molecule has 1 saturated heterocycles. The molecule has 0 spiro atoms. The van der Waals surface area contributed by atoms with Crippen LogP contribution >= 0.6 is 58.0 Å². The fourth-order valence-corrected chi connectivity index (χ4v) is 4.52. The number of aromatic nitrogens is 6. The summed E-state index contributed by atoms with van der Waals surface area (Å²) in [4.78, 5) is 27.5. The molecule has 0 aliphatic carbocycles. The zero-order chi connectivity index (χ0) is 22.7. The van der Waals surface area contributed by atoms with Gasteiger partial charge in [-0.2, -0.15) is 35.0 Å². The van der Waals surface area contributed by atoms with E-state index in [2.05, 4.69) is 57.6 Å². The van der Waals surface area contributed by atoms with Gasteiger partial charge in [0.1, 0.15) is 6.10 Å². The molecule has 2 aromatic rings. The number of hydrogen-bond acceptors (Lipinski definition) is 9. The second kappa shape index (κ2) is 10.2. The Morgan fingerprint density at radius 1 is 0.700 bits per heavy atom. The number of ether oxygens (including phenoxy) is 1. The van der Waals surface area contributed by atoms with Crippen molar-refractivity contribution in [1.29, 1.82) is 0 Å². The Bertz CT molecular complexity index is 798. The smallest absolute Gasteiger partial charge is 0.322 e. The predicted molar refractivity (Wildman–Crippen MR) is 115 cm³/mol. The van der Waals surface area contributed by atoms with E-state index >= 15 is 0 Å². The van der Waals surface area contributed by atoms with E-state index in [1.54, 1.807) is 7.11 Å². The van der Waals surface area contributed by atoms with Crippen LogP contribution in [0.4, 0.5) is 0 Å². The first-order valence-electron chi connectivity index (χ1n) is 8.63. The Kier molecular flexibility index (Phi) is 8.66. The van der Waals surface area contributed by atoms with Crippen molar-refractivity contribution in [2.75, 3.05) is 7.11 Å². The quantitative estimate of drug-likeness (QED) is 0.556. The van der Waals surface area contributed by atoms with Crippen LogP contribution in [0.2, 0.25) is 26.4 Å². The number of halogens is 5. The lowest BCUT2D eigenvalue weighted by Gasteiger charge is -2.52. The second-order valence-corrected chi connectivity index (χ2v) is 9.24. The van der Waals surface area contributed by atoms with Crippen LogP contribution in [0.15, 0.2) is 0 Å². The summed E-state index contributed by atoms with van der Waals surface area (Å²) in [5.41, 5.74) is -0.358. The minimum Gasteiger partial charge on any atom is -0.460 e. The largest absolute Gasteiger partial charge is 0.460 e. The maximum atomic E-state index is 5.87. The van der Waals surface area contributed by atoms with Crippen LogP contribution in [-0.2, 0) is 4.84 Å². The van der Waals surface area contributed by atoms with Gasteiger partial charge in [-0.15, -0.1) is 0 Å². The van der Waals surface area contributed by atoms with Gasteiger partial charge in [0, 0.05) is 23.9 Å². The Morgan fingerprint density at radius 3 is 1.37 bits per heavy atom. The monoisotopic (exact) mass is 517 g/mol. The van der Waals surface area contributed by atoms with Gasteiger partial charge in [-0.05, 0) is 85.7 Å². The summed E-state index contributed by atoms with van der Waals surface area (Å²) in [6, 6.07) is 0.155. The lowest BCUT2D eigenvalue weighted by molar-refractivity contribution is -0.275. The van der Waals surface area contributed by atoms with Gasteiger partial charge in [-0.1, -0.05) is 0 Å². The summed E-state index contributed by atoms with van der Waals surface area (Å²) in [6.45, 7) is 8.45. The molecule has 0 aromatic carbocycles. The first-order chi connectivity index (χ1) is 13.8. The number of piperidine rings is 1. The average Bonchev–Trinajstić information content (AvgIpc) is 2.50. The number of hydrogen-bond donors (Lipinski definition) is 0. The van der Waals surface area contributed by atoms with Gasteiger partial charge in [0.05, 0.1) is 7.11 Å². The lowest BCUT2D eigenvalue weighted by Crippen LogP contribution is -2.62. The molecule has 166 valence electrons. The molecule has 0 saturated carbocycles. The van der Waals surface area contributed by atoms with Crippen LogP contribution in [0, 0.1) is 0 Å². The van der Waals surface area contributed by atoms with Crippen molar-refractivity contribution in [3.8, 4) is 6.01 Å². The topological polar surface area (TPSA) is 99.0 Å². The van der Waals surface area contributed by atoms with Gasteiger partial charge in [0.15, 0.2) is 0 Å². The van der Waals surface area contributed by atoms with Crippen LogP contribution < -0.4 is 4.74 Å². The third-order valence-electron chi connectivity index (χ3n) is 4.12. The summed E-state index contributed by atoms with van der Waals surface area (Å²) >= 11 is 27.5. The molecule has 1 fully saturated rings. The predicted octanol–water partition coefficient (Wildman–Crippen LogP) is 4.97. The Balaban J connectivity index is 0.000000297. The van der Waals surface area contributed by atoms with E-state index in [0.717, 1.165) is 12.8 Å². The Morgan fingerprint density at radius 2 is 1.03 bits per heavy atom. The molecule has 9 nitrogen and oxygen atoms in total. The molecule has 0 bridgehead atoms. The number of rotatable bonds is 3. The highest BCUT2D eigenvalue weighted by Gasteiger charge is 2.47. The van der Waals surface area contributed by atoms with Crippen molar-refractivity contribution in [3.05, 3.63) is 26.4 Å². The molecule has 0 amide bonds. The van der Waals surface area contributed by atoms with Gasteiger partial charge in [0.2, 0.25) is 26.4 Å². The van der Waals surface area contributed by atoms with E-state index in [1.807, 2.05) is 5.06 Å². The van der Waals surface area contributed by atoms with Gasteiger partial charge in [0.25, 0.3) is 0 Å². The maximum Gasteiger partial charge on any atom is 0.322 e. The average molecular weight is 520 g/mol. The van der Waals surface area contributed by atoms with Gasteiger partial charge in [-0.3, -0.25) is 0 Å².